The maximum absolute atomic E-state index is 3.67. The largest absolute Gasteiger partial charge is 0.354 e. The minimum absolute atomic E-state index is 0.157. The highest BCUT2D eigenvalue weighted by molar-refractivity contribution is 7.99. The van der Waals surface area contributed by atoms with Gasteiger partial charge in [-0.15, -0.1) is 0 Å². The maximum atomic E-state index is 3.67. The molecule has 1 nitrogen and oxygen atoms in total. The smallest absolute Gasteiger partial charge is 0.0526 e. The molecule has 1 N–H and O–H groups in total. The van der Waals surface area contributed by atoms with E-state index in [0.717, 1.165) is 0 Å². The summed E-state index contributed by atoms with van der Waals surface area (Å²) in [5.74, 6) is 0. The third kappa shape index (κ3) is 5.44. The van der Waals surface area contributed by atoms with Crippen molar-refractivity contribution in [1.29, 1.82) is 0 Å². The molecule has 164 valence electrons. The second kappa shape index (κ2) is 7.62. The van der Waals surface area contributed by atoms with Crippen LogP contribution in [0.15, 0.2) is 46.2 Å². The van der Waals surface area contributed by atoms with Crippen molar-refractivity contribution in [2.24, 2.45) is 10.8 Å². The van der Waals surface area contributed by atoms with E-state index in [1.54, 1.807) is 0 Å². The average molecular weight is 424 g/mol. The van der Waals surface area contributed by atoms with Crippen LogP contribution >= 0.6 is 11.8 Å². The molecular formula is C28H41NS. The summed E-state index contributed by atoms with van der Waals surface area (Å²) in [4.78, 5) is 2.68. The molecule has 2 aromatic rings. The van der Waals surface area contributed by atoms with Crippen molar-refractivity contribution in [3.8, 4) is 0 Å². The van der Waals surface area contributed by atoms with Gasteiger partial charge in [0.2, 0.25) is 0 Å². The lowest BCUT2D eigenvalue weighted by atomic mass is 9.72. The van der Waals surface area contributed by atoms with Crippen LogP contribution in [0.1, 0.15) is 93.2 Å². The number of fused-ring (bicyclic) bond motifs is 2. The van der Waals surface area contributed by atoms with Crippen LogP contribution in [0.5, 0.6) is 0 Å². The van der Waals surface area contributed by atoms with Gasteiger partial charge in [0, 0.05) is 9.79 Å². The highest BCUT2D eigenvalue weighted by Crippen LogP contribution is 2.48. The Kier molecular flexibility index (Phi) is 5.91. The average Bonchev–Trinajstić information content (AvgIpc) is 2.54. The standard InChI is InChI=1S/C28H41NS/c1-25(2,3)17-27(7,8)19-11-13-21-23(15-19)30-24-16-20(12-14-22(24)29-21)28(9,10)18-26(4,5)6/h11-16,29H,17-18H2,1-10H3. The SMILES string of the molecule is CC(C)(C)CC(C)(C)c1ccc2c(c1)Sc1cc(C(C)(C)CC(C)(C)C)ccc1N2. The Labute approximate surface area is 189 Å². The summed E-state index contributed by atoms with van der Waals surface area (Å²) >= 11 is 1.92. The first kappa shape index (κ1) is 23.3. The molecule has 0 fully saturated rings. The number of rotatable bonds is 4. The number of hydrogen-bond acceptors (Lipinski definition) is 2. The van der Waals surface area contributed by atoms with Crippen LogP contribution in [0.3, 0.4) is 0 Å². The van der Waals surface area contributed by atoms with E-state index in [1.807, 2.05) is 11.8 Å². The predicted molar refractivity (Wildman–Crippen MR) is 134 cm³/mol. The third-order valence-corrected chi connectivity index (χ3v) is 7.08. The van der Waals surface area contributed by atoms with E-state index in [1.165, 1.54) is 45.1 Å². The molecule has 0 amide bonds. The lowest BCUT2D eigenvalue weighted by molar-refractivity contribution is 0.283. The Morgan fingerprint density at radius 3 is 1.30 bits per heavy atom. The summed E-state index contributed by atoms with van der Waals surface area (Å²) in [6.45, 7) is 23.5. The van der Waals surface area contributed by atoms with Crippen molar-refractivity contribution < 1.29 is 0 Å². The fourth-order valence-corrected chi connectivity index (χ4v) is 6.45. The van der Waals surface area contributed by atoms with Gasteiger partial charge in [0.1, 0.15) is 0 Å². The Bertz CT molecular complexity index is 847. The molecule has 1 aliphatic heterocycles. The van der Waals surface area contributed by atoms with Gasteiger partial charge in [-0.05, 0) is 69.9 Å². The van der Waals surface area contributed by atoms with E-state index in [4.69, 9.17) is 0 Å². The molecule has 1 heterocycles. The monoisotopic (exact) mass is 423 g/mol. The number of benzene rings is 2. The van der Waals surface area contributed by atoms with Gasteiger partial charge in [-0.3, -0.25) is 0 Å². The van der Waals surface area contributed by atoms with Crippen molar-refractivity contribution in [1.82, 2.24) is 0 Å². The fourth-order valence-electron chi connectivity index (χ4n) is 5.38. The molecular weight excluding hydrogens is 382 g/mol. The zero-order valence-corrected chi connectivity index (χ0v) is 21.6. The summed E-state index contributed by atoms with van der Waals surface area (Å²) in [5, 5.41) is 3.67. The Morgan fingerprint density at radius 1 is 0.600 bits per heavy atom. The number of hydrogen-bond donors (Lipinski definition) is 1. The van der Waals surface area contributed by atoms with Crippen molar-refractivity contribution in [3.63, 3.8) is 0 Å². The maximum Gasteiger partial charge on any atom is 0.0526 e. The van der Waals surface area contributed by atoms with Gasteiger partial charge in [0.25, 0.3) is 0 Å². The molecule has 0 radical (unpaired) electrons. The Hall–Kier alpha value is -1.41. The van der Waals surface area contributed by atoms with Gasteiger partial charge in [0.15, 0.2) is 0 Å². The molecule has 0 aromatic heterocycles. The first-order chi connectivity index (χ1) is 13.6. The van der Waals surface area contributed by atoms with Crippen LogP contribution in [-0.2, 0) is 10.8 Å². The molecule has 0 unspecified atom stereocenters. The molecule has 0 saturated carbocycles. The topological polar surface area (TPSA) is 12.0 Å². The second-order valence-electron chi connectivity index (χ2n) is 12.9. The third-order valence-electron chi connectivity index (χ3n) is 5.96. The molecule has 0 spiro atoms. The highest BCUT2D eigenvalue weighted by atomic mass is 32.2. The van der Waals surface area contributed by atoms with E-state index in [9.17, 15) is 0 Å². The van der Waals surface area contributed by atoms with E-state index in [-0.39, 0.29) is 10.8 Å². The van der Waals surface area contributed by atoms with Crippen LogP contribution in [0.4, 0.5) is 11.4 Å². The van der Waals surface area contributed by atoms with Gasteiger partial charge in [-0.2, -0.15) is 0 Å². The predicted octanol–water partition coefficient (Wildman–Crippen LogP) is 9.32. The summed E-state index contributed by atoms with van der Waals surface area (Å²) in [5.41, 5.74) is 6.25. The minimum Gasteiger partial charge on any atom is -0.354 e. The van der Waals surface area contributed by atoms with Gasteiger partial charge >= 0.3 is 0 Å². The molecule has 0 atom stereocenters. The van der Waals surface area contributed by atoms with E-state index in [2.05, 4.69) is 111 Å². The van der Waals surface area contributed by atoms with Gasteiger partial charge in [-0.1, -0.05) is 93.1 Å². The van der Waals surface area contributed by atoms with E-state index >= 15 is 0 Å². The van der Waals surface area contributed by atoms with Crippen LogP contribution < -0.4 is 5.32 Å². The quantitative estimate of drug-likeness (QED) is 0.448. The van der Waals surface area contributed by atoms with Gasteiger partial charge < -0.3 is 5.32 Å². The molecule has 0 bridgehead atoms. The molecule has 1 aliphatic rings. The molecule has 3 rings (SSSR count). The molecule has 2 heteroatoms. The lowest BCUT2D eigenvalue weighted by Crippen LogP contribution is -2.25. The van der Waals surface area contributed by atoms with Crippen molar-refractivity contribution in [3.05, 3.63) is 47.5 Å². The van der Waals surface area contributed by atoms with Crippen LogP contribution in [0.2, 0.25) is 0 Å². The minimum atomic E-state index is 0.157. The van der Waals surface area contributed by atoms with E-state index in [0.29, 0.717) is 10.8 Å². The summed E-state index contributed by atoms with van der Waals surface area (Å²) < 4.78 is 0. The van der Waals surface area contributed by atoms with Crippen molar-refractivity contribution in [2.75, 3.05) is 5.32 Å². The van der Waals surface area contributed by atoms with Crippen LogP contribution in [0, 0.1) is 10.8 Å². The fraction of sp³-hybridized carbons (Fsp3) is 0.571. The van der Waals surface area contributed by atoms with Gasteiger partial charge in [-0.25, -0.2) is 0 Å². The van der Waals surface area contributed by atoms with Gasteiger partial charge in [0.05, 0.1) is 11.4 Å². The lowest BCUT2D eigenvalue weighted by Gasteiger charge is -2.35. The Morgan fingerprint density at radius 2 is 0.967 bits per heavy atom. The molecule has 30 heavy (non-hydrogen) atoms. The zero-order valence-electron chi connectivity index (χ0n) is 20.8. The number of nitrogens with one attached hydrogen (secondary N) is 1. The molecule has 0 aliphatic carbocycles. The summed E-state index contributed by atoms with van der Waals surface area (Å²) in [6, 6.07) is 14.0. The molecule has 2 aromatic carbocycles. The second-order valence-corrected chi connectivity index (χ2v) is 14.0. The van der Waals surface area contributed by atoms with Crippen LogP contribution in [-0.4, -0.2) is 0 Å². The number of anilines is 2. The normalized spacial score (nSPS) is 14.7. The first-order valence-corrected chi connectivity index (χ1v) is 12.1. The highest BCUT2D eigenvalue weighted by Gasteiger charge is 2.30. The summed E-state index contributed by atoms with van der Waals surface area (Å²) in [7, 11) is 0. The Balaban J connectivity index is 1.91. The van der Waals surface area contributed by atoms with Crippen LogP contribution in [0.25, 0.3) is 0 Å². The van der Waals surface area contributed by atoms with E-state index < -0.39 is 0 Å². The van der Waals surface area contributed by atoms with Crippen molar-refractivity contribution >= 4 is 23.1 Å². The summed E-state index contributed by atoms with van der Waals surface area (Å²) in [6.07, 6.45) is 2.33. The molecule has 0 saturated heterocycles. The zero-order chi connectivity index (χ0) is 22.5. The van der Waals surface area contributed by atoms with Crippen molar-refractivity contribution in [2.45, 2.75) is 103 Å². The first-order valence-electron chi connectivity index (χ1n) is 11.3.